The number of carbonyl (C=O) groups is 6. The largest absolute Gasteiger partial charge is 0.481 e. The third kappa shape index (κ3) is 10.2. The van der Waals surface area contributed by atoms with Gasteiger partial charge in [-0.25, -0.2) is 4.79 Å². The molecule has 0 saturated carbocycles. The average Bonchev–Trinajstić information content (AvgIpc) is 3.37. The first kappa shape index (κ1) is 32.7. The maximum absolute atomic E-state index is 13.1. The molecule has 0 unspecified atom stereocenters. The summed E-state index contributed by atoms with van der Waals surface area (Å²) in [4.78, 5) is 74.2. The Bertz CT molecular complexity index is 856. The number of amides is 4. The van der Waals surface area contributed by atoms with E-state index in [2.05, 4.69) is 10.6 Å². The Morgan fingerprint density at radius 1 is 0.868 bits per heavy atom. The van der Waals surface area contributed by atoms with Crippen LogP contribution >= 0.6 is 0 Å². The quantitative estimate of drug-likeness (QED) is 0.0786. The number of aliphatic hydroxyl groups is 2. The van der Waals surface area contributed by atoms with E-state index in [-0.39, 0.29) is 25.8 Å². The van der Waals surface area contributed by atoms with Crippen LogP contribution in [0, 0.1) is 0 Å². The Morgan fingerprint density at radius 3 is 2.03 bits per heavy atom. The fourth-order valence-electron chi connectivity index (χ4n) is 3.87. The first-order chi connectivity index (χ1) is 18.0. The van der Waals surface area contributed by atoms with Crippen molar-refractivity contribution in [3.8, 4) is 0 Å². The van der Waals surface area contributed by atoms with E-state index in [9.17, 15) is 33.9 Å². The lowest BCUT2D eigenvalue weighted by molar-refractivity contribution is -0.143. The molecular weight excluding hydrogens is 508 g/mol. The summed E-state index contributed by atoms with van der Waals surface area (Å²) in [5.74, 6) is -5.76. The van der Waals surface area contributed by atoms with Crippen molar-refractivity contribution < 1.29 is 49.2 Å². The number of carboxylic acid groups (broad SMARTS) is 2. The lowest BCUT2D eigenvalue weighted by atomic mass is 10.1. The van der Waals surface area contributed by atoms with Gasteiger partial charge in [-0.3, -0.25) is 24.0 Å². The Hall–Kier alpha value is -3.34. The summed E-state index contributed by atoms with van der Waals surface area (Å²) in [6.45, 7) is -1.26. The van der Waals surface area contributed by atoms with Crippen LogP contribution in [0.2, 0.25) is 0 Å². The van der Waals surface area contributed by atoms with Gasteiger partial charge >= 0.3 is 11.9 Å². The molecule has 1 aliphatic heterocycles. The number of unbranched alkanes of at least 4 members (excludes halogenated alkanes) is 1. The number of carbonyl (C=O) groups excluding carboxylic acids is 4. The molecule has 0 aromatic heterocycles. The zero-order chi connectivity index (χ0) is 28.8. The van der Waals surface area contributed by atoms with Gasteiger partial charge in [-0.2, -0.15) is 0 Å². The predicted molar refractivity (Wildman–Crippen MR) is 130 cm³/mol. The average molecular weight is 547 g/mol. The Balaban J connectivity index is 2.93. The molecule has 0 radical (unpaired) electrons. The van der Waals surface area contributed by atoms with Crippen molar-refractivity contribution in [3.63, 3.8) is 0 Å². The fourth-order valence-corrected chi connectivity index (χ4v) is 3.87. The number of likely N-dealkylation sites (tertiary alicyclic amines) is 1. The molecule has 4 amide bonds. The summed E-state index contributed by atoms with van der Waals surface area (Å²) < 4.78 is 0. The molecule has 11 N–H and O–H groups in total. The molecule has 1 rings (SSSR count). The lowest BCUT2D eigenvalue weighted by Gasteiger charge is -2.28. The minimum atomic E-state index is -1.65. The van der Waals surface area contributed by atoms with Crippen LogP contribution in [0.15, 0.2) is 0 Å². The molecule has 0 aromatic rings. The highest BCUT2D eigenvalue weighted by Crippen LogP contribution is 2.19. The van der Waals surface area contributed by atoms with E-state index in [4.69, 9.17) is 26.8 Å². The number of carboxylic acids is 2. The van der Waals surface area contributed by atoms with Crippen LogP contribution in [-0.2, 0) is 28.8 Å². The van der Waals surface area contributed by atoms with Gasteiger partial charge in [-0.05, 0) is 45.1 Å². The van der Waals surface area contributed by atoms with Crippen LogP contribution in [-0.4, -0.2) is 117 Å². The van der Waals surface area contributed by atoms with E-state index in [0.29, 0.717) is 32.2 Å². The SMILES string of the molecule is NCCCC[C@H](NC(=O)[C@@H]1CCCN1C(=O)[C@@H](N)CCC(=O)O)C(=O)N[C@@H](CO)C(=O)N[C@@H](CO)C(=O)O. The molecular formula is C22H38N6O10. The smallest absolute Gasteiger partial charge is 0.328 e. The van der Waals surface area contributed by atoms with E-state index in [0.717, 1.165) is 0 Å². The number of nitrogens with zero attached hydrogens (tertiary/aromatic N) is 1. The van der Waals surface area contributed by atoms with Gasteiger partial charge in [-0.15, -0.1) is 0 Å². The molecule has 16 heteroatoms. The molecule has 0 spiro atoms. The zero-order valence-corrected chi connectivity index (χ0v) is 21.0. The molecule has 1 saturated heterocycles. The summed E-state index contributed by atoms with van der Waals surface area (Å²) in [5, 5.41) is 43.2. The predicted octanol–water partition coefficient (Wildman–Crippen LogP) is -4.18. The number of hydrogen-bond donors (Lipinski definition) is 9. The number of hydrogen-bond acceptors (Lipinski definition) is 10. The van der Waals surface area contributed by atoms with E-state index in [1.54, 1.807) is 0 Å². The minimum Gasteiger partial charge on any atom is -0.481 e. The van der Waals surface area contributed by atoms with Crippen LogP contribution in [0.4, 0.5) is 0 Å². The van der Waals surface area contributed by atoms with Crippen LogP contribution in [0.1, 0.15) is 44.9 Å². The highest BCUT2D eigenvalue weighted by Gasteiger charge is 2.38. The fraction of sp³-hybridized carbons (Fsp3) is 0.727. The van der Waals surface area contributed by atoms with Crippen LogP contribution in [0.5, 0.6) is 0 Å². The molecule has 216 valence electrons. The van der Waals surface area contributed by atoms with Gasteiger partial charge in [-0.1, -0.05) is 0 Å². The van der Waals surface area contributed by atoms with E-state index >= 15 is 0 Å². The monoisotopic (exact) mass is 546 g/mol. The molecule has 1 fully saturated rings. The second-order valence-electron chi connectivity index (χ2n) is 8.90. The summed E-state index contributed by atoms with van der Waals surface area (Å²) in [6, 6.07) is -6.45. The standard InChI is InChI=1S/C22H38N6O10/c23-8-2-1-4-13(18(33)26-14(10-29)19(34)27-15(11-30)22(37)38)25-20(35)16-5-3-9-28(16)21(36)12(24)6-7-17(31)32/h12-16,29-30H,1-11,23-24H2,(H,25,35)(H,26,33)(H,27,34)(H,31,32)(H,37,38)/t12-,13-,14-,15-,16-/m0/s1. The zero-order valence-electron chi connectivity index (χ0n) is 21.0. The topological polar surface area (TPSA) is 275 Å². The van der Waals surface area contributed by atoms with Gasteiger partial charge in [0.25, 0.3) is 0 Å². The number of aliphatic hydroxyl groups excluding tert-OH is 2. The van der Waals surface area contributed by atoms with Crippen LogP contribution in [0.25, 0.3) is 0 Å². The Morgan fingerprint density at radius 2 is 1.47 bits per heavy atom. The highest BCUT2D eigenvalue weighted by molar-refractivity contribution is 5.95. The van der Waals surface area contributed by atoms with E-state index < -0.39 is 79.0 Å². The number of nitrogens with two attached hydrogens (primary N) is 2. The Labute approximate surface area is 219 Å². The molecule has 16 nitrogen and oxygen atoms in total. The van der Waals surface area contributed by atoms with Crippen LogP contribution < -0.4 is 27.4 Å². The van der Waals surface area contributed by atoms with E-state index in [1.807, 2.05) is 5.32 Å². The molecule has 38 heavy (non-hydrogen) atoms. The van der Waals surface area contributed by atoms with Crippen molar-refractivity contribution in [2.45, 2.75) is 75.2 Å². The third-order valence-electron chi connectivity index (χ3n) is 6.02. The van der Waals surface area contributed by atoms with Gasteiger partial charge in [0.15, 0.2) is 0 Å². The van der Waals surface area contributed by atoms with Crippen molar-refractivity contribution in [1.29, 1.82) is 0 Å². The van der Waals surface area contributed by atoms with Crippen molar-refractivity contribution in [1.82, 2.24) is 20.9 Å². The third-order valence-corrected chi connectivity index (χ3v) is 6.02. The lowest BCUT2D eigenvalue weighted by Crippen LogP contribution is -2.59. The summed E-state index contributed by atoms with van der Waals surface area (Å²) >= 11 is 0. The summed E-state index contributed by atoms with van der Waals surface area (Å²) in [7, 11) is 0. The van der Waals surface area contributed by atoms with Crippen molar-refractivity contribution in [2.75, 3.05) is 26.3 Å². The number of nitrogens with one attached hydrogen (secondary N) is 3. The van der Waals surface area contributed by atoms with Gasteiger partial charge in [0, 0.05) is 13.0 Å². The van der Waals surface area contributed by atoms with Crippen molar-refractivity contribution in [2.24, 2.45) is 11.5 Å². The first-order valence-electron chi connectivity index (χ1n) is 12.3. The van der Waals surface area contributed by atoms with Crippen molar-refractivity contribution in [3.05, 3.63) is 0 Å². The molecule has 0 aliphatic carbocycles. The van der Waals surface area contributed by atoms with E-state index in [1.165, 1.54) is 4.90 Å². The number of rotatable bonds is 17. The second kappa shape index (κ2) is 16.5. The first-order valence-corrected chi connectivity index (χ1v) is 12.3. The van der Waals surface area contributed by atoms with Gasteiger partial charge in [0.2, 0.25) is 23.6 Å². The molecule has 1 aliphatic rings. The van der Waals surface area contributed by atoms with Crippen LogP contribution in [0.3, 0.4) is 0 Å². The molecule has 0 bridgehead atoms. The highest BCUT2D eigenvalue weighted by atomic mass is 16.4. The second-order valence-corrected chi connectivity index (χ2v) is 8.90. The molecule has 0 aromatic carbocycles. The van der Waals surface area contributed by atoms with Crippen molar-refractivity contribution >= 4 is 35.6 Å². The maximum Gasteiger partial charge on any atom is 0.328 e. The number of aliphatic carboxylic acids is 2. The minimum absolute atomic E-state index is 0.104. The summed E-state index contributed by atoms with van der Waals surface area (Å²) in [6.07, 6.45) is 1.42. The van der Waals surface area contributed by atoms with Gasteiger partial charge in [0.05, 0.1) is 19.3 Å². The molecule has 5 atom stereocenters. The summed E-state index contributed by atoms with van der Waals surface area (Å²) in [5.41, 5.74) is 11.3. The van der Waals surface area contributed by atoms with Gasteiger partial charge in [0.1, 0.15) is 24.2 Å². The Kier molecular flexibility index (Phi) is 14.2. The molecule has 1 heterocycles. The normalized spacial score (nSPS) is 18.1. The maximum atomic E-state index is 13.1. The van der Waals surface area contributed by atoms with Gasteiger partial charge < -0.3 is 52.7 Å².